The molecule has 6 heteroatoms. The van der Waals surface area contributed by atoms with Gasteiger partial charge in [-0.3, -0.25) is 4.98 Å². The van der Waals surface area contributed by atoms with E-state index in [0.29, 0.717) is 10.9 Å². The lowest BCUT2D eigenvalue weighted by Gasteiger charge is -2.04. The predicted molar refractivity (Wildman–Crippen MR) is 77.0 cm³/mol. The van der Waals surface area contributed by atoms with E-state index < -0.39 is 0 Å². The molecular formula is C14H11ClN4O. The Bertz CT molecular complexity index is 727. The summed E-state index contributed by atoms with van der Waals surface area (Å²) in [6.45, 7) is 1.98. The van der Waals surface area contributed by atoms with Gasteiger partial charge >= 0.3 is 6.01 Å². The van der Waals surface area contributed by atoms with Gasteiger partial charge in [-0.05, 0) is 36.8 Å². The van der Waals surface area contributed by atoms with Crippen molar-refractivity contribution in [3.8, 4) is 11.5 Å². The van der Waals surface area contributed by atoms with Crippen LogP contribution in [0.25, 0.3) is 11.5 Å². The van der Waals surface area contributed by atoms with Crippen LogP contribution in [-0.4, -0.2) is 15.2 Å². The highest BCUT2D eigenvalue weighted by atomic mass is 35.5. The lowest BCUT2D eigenvalue weighted by molar-refractivity contribution is 0.587. The molecule has 0 amide bonds. The number of hydrogen-bond donors (Lipinski definition) is 1. The van der Waals surface area contributed by atoms with Crippen molar-refractivity contribution in [3.05, 3.63) is 53.3 Å². The van der Waals surface area contributed by atoms with Crippen LogP contribution in [0.1, 0.15) is 5.56 Å². The monoisotopic (exact) mass is 286 g/mol. The van der Waals surface area contributed by atoms with Crippen LogP contribution in [0.2, 0.25) is 5.02 Å². The van der Waals surface area contributed by atoms with Crippen molar-refractivity contribution >= 4 is 23.3 Å². The molecule has 0 saturated carbocycles. The number of nitrogens with zero attached hydrogens (tertiary/aromatic N) is 3. The molecule has 0 unspecified atom stereocenters. The summed E-state index contributed by atoms with van der Waals surface area (Å²) < 4.78 is 5.54. The maximum Gasteiger partial charge on any atom is 0.320 e. The molecule has 0 aliphatic rings. The molecule has 20 heavy (non-hydrogen) atoms. The largest absolute Gasteiger partial charge is 0.403 e. The summed E-state index contributed by atoms with van der Waals surface area (Å²) in [7, 11) is 0. The van der Waals surface area contributed by atoms with Gasteiger partial charge in [0, 0.05) is 12.4 Å². The Morgan fingerprint density at radius 1 is 1.20 bits per heavy atom. The second-order valence-corrected chi connectivity index (χ2v) is 4.67. The Hall–Kier alpha value is -2.40. The quantitative estimate of drug-likeness (QED) is 0.792. The molecule has 0 saturated heterocycles. The predicted octanol–water partition coefficient (Wildman–Crippen LogP) is 3.84. The molecule has 0 aliphatic carbocycles. The Morgan fingerprint density at radius 2 is 2.10 bits per heavy atom. The summed E-state index contributed by atoms with van der Waals surface area (Å²) in [4.78, 5) is 4.01. The standard InChI is InChI=1S/C14H11ClN4O/c1-9-4-5-11(15)12(7-9)17-14-19-18-13(20-14)10-3-2-6-16-8-10/h2-8H,1H3,(H,17,19). The van der Waals surface area contributed by atoms with Gasteiger partial charge in [0.2, 0.25) is 0 Å². The van der Waals surface area contributed by atoms with E-state index in [4.69, 9.17) is 16.0 Å². The number of rotatable bonds is 3. The number of halogens is 1. The highest BCUT2D eigenvalue weighted by molar-refractivity contribution is 6.33. The number of anilines is 2. The molecule has 3 rings (SSSR count). The number of aryl methyl sites for hydroxylation is 1. The third-order valence-electron chi connectivity index (χ3n) is 2.70. The van der Waals surface area contributed by atoms with Gasteiger partial charge in [0.15, 0.2) is 0 Å². The molecule has 2 heterocycles. The number of hydrogen-bond acceptors (Lipinski definition) is 5. The second kappa shape index (κ2) is 5.30. The van der Waals surface area contributed by atoms with Crippen LogP contribution in [0, 0.1) is 6.92 Å². The maximum atomic E-state index is 6.11. The number of aromatic nitrogens is 3. The van der Waals surface area contributed by atoms with Crippen molar-refractivity contribution in [2.75, 3.05) is 5.32 Å². The average Bonchev–Trinajstić information content (AvgIpc) is 2.92. The van der Waals surface area contributed by atoms with Crippen LogP contribution in [-0.2, 0) is 0 Å². The lowest BCUT2D eigenvalue weighted by Crippen LogP contribution is -1.92. The van der Waals surface area contributed by atoms with E-state index in [0.717, 1.165) is 16.8 Å². The van der Waals surface area contributed by atoms with Crippen LogP contribution in [0.4, 0.5) is 11.7 Å². The first-order valence-corrected chi connectivity index (χ1v) is 6.37. The van der Waals surface area contributed by atoms with Crippen molar-refractivity contribution in [1.82, 2.24) is 15.2 Å². The van der Waals surface area contributed by atoms with Gasteiger partial charge in [0.05, 0.1) is 16.3 Å². The lowest BCUT2D eigenvalue weighted by atomic mass is 10.2. The number of nitrogens with one attached hydrogen (secondary N) is 1. The number of pyridine rings is 1. The van der Waals surface area contributed by atoms with E-state index in [2.05, 4.69) is 20.5 Å². The summed E-state index contributed by atoms with van der Waals surface area (Å²) in [5.74, 6) is 0.407. The van der Waals surface area contributed by atoms with E-state index in [9.17, 15) is 0 Å². The fourth-order valence-corrected chi connectivity index (χ4v) is 1.89. The van der Waals surface area contributed by atoms with Crippen LogP contribution < -0.4 is 5.32 Å². The van der Waals surface area contributed by atoms with Gasteiger partial charge in [0.1, 0.15) is 0 Å². The molecule has 3 aromatic rings. The van der Waals surface area contributed by atoms with Gasteiger partial charge in [-0.25, -0.2) is 0 Å². The van der Waals surface area contributed by atoms with E-state index in [1.807, 2.05) is 37.3 Å². The van der Waals surface area contributed by atoms with E-state index in [1.165, 1.54) is 0 Å². The third kappa shape index (κ3) is 2.62. The molecule has 0 atom stereocenters. The van der Waals surface area contributed by atoms with Crippen molar-refractivity contribution in [2.24, 2.45) is 0 Å². The molecule has 0 radical (unpaired) electrons. The molecule has 1 aromatic carbocycles. The van der Waals surface area contributed by atoms with E-state index in [1.54, 1.807) is 12.4 Å². The summed E-state index contributed by atoms with van der Waals surface area (Å²) in [5.41, 5.74) is 2.58. The first-order valence-electron chi connectivity index (χ1n) is 5.99. The second-order valence-electron chi connectivity index (χ2n) is 4.26. The minimum absolute atomic E-state index is 0.288. The van der Waals surface area contributed by atoms with Crippen molar-refractivity contribution in [3.63, 3.8) is 0 Å². The van der Waals surface area contributed by atoms with Gasteiger partial charge in [-0.15, -0.1) is 5.10 Å². The van der Waals surface area contributed by atoms with Crippen molar-refractivity contribution in [1.29, 1.82) is 0 Å². The zero-order chi connectivity index (χ0) is 13.9. The van der Waals surface area contributed by atoms with Gasteiger partial charge in [0.25, 0.3) is 5.89 Å². The molecule has 0 bridgehead atoms. The molecule has 100 valence electrons. The first-order chi connectivity index (χ1) is 9.72. The van der Waals surface area contributed by atoms with Crippen LogP contribution in [0.15, 0.2) is 47.1 Å². The van der Waals surface area contributed by atoms with Crippen LogP contribution >= 0.6 is 11.6 Å². The Kier molecular flexibility index (Phi) is 3.35. The molecular weight excluding hydrogens is 276 g/mol. The minimum Gasteiger partial charge on any atom is -0.403 e. The highest BCUT2D eigenvalue weighted by Gasteiger charge is 2.10. The van der Waals surface area contributed by atoms with Gasteiger partial charge < -0.3 is 9.73 Å². The molecule has 0 spiro atoms. The molecule has 0 aliphatic heterocycles. The summed E-state index contributed by atoms with van der Waals surface area (Å²) in [6.07, 6.45) is 3.35. The Morgan fingerprint density at radius 3 is 2.90 bits per heavy atom. The SMILES string of the molecule is Cc1ccc(Cl)c(Nc2nnc(-c3cccnc3)o2)c1. The molecule has 5 nitrogen and oxygen atoms in total. The fourth-order valence-electron chi connectivity index (χ4n) is 1.73. The van der Waals surface area contributed by atoms with Crippen molar-refractivity contribution in [2.45, 2.75) is 6.92 Å². The topological polar surface area (TPSA) is 63.8 Å². The van der Waals surface area contributed by atoms with Gasteiger partial charge in [-0.1, -0.05) is 22.8 Å². The molecule has 2 aromatic heterocycles. The zero-order valence-electron chi connectivity index (χ0n) is 10.7. The minimum atomic E-state index is 0.288. The van der Waals surface area contributed by atoms with Crippen molar-refractivity contribution < 1.29 is 4.42 Å². The smallest absolute Gasteiger partial charge is 0.320 e. The first kappa shape index (κ1) is 12.6. The maximum absolute atomic E-state index is 6.11. The Labute approximate surface area is 120 Å². The average molecular weight is 287 g/mol. The number of benzene rings is 1. The molecule has 0 fully saturated rings. The van der Waals surface area contributed by atoms with Crippen LogP contribution in [0.5, 0.6) is 0 Å². The zero-order valence-corrected chi connectivity index (χ0v) is 11.4. The van der Waals surface area contributed by atoms with Gasteiger partial charge in [-0.2, -0.15) is 0 Å². The normalized spacial score (nSPS) is 10.5. The van der Waals surface area contributed by atoms with E-state index >= 15 is 0 Å². The molecule has 1 N–H and O–H groups in total. The fraction of sp³-hybridized carbons (Fsp3) is 0.0714. The van der Waals surface area contributed by atoms with E-state index in [-0.39, 0.29) is 6.01 Å². The third-order valence-corrected chi connectivity index (χ3v) is 3.03. The summed E-state index contributed by atoms with van der Waals surface area (Å²) in [6, 6.07) is 9.61. The van der Waals surface area contributed by atoms with Crippen LogP contribution in [0.3, 0.4) is 0 Å². The summed E-state index contributed by atoms with van der Waals surface area (Å²) >= 11 is 6.11. The summed E-state index contributed by atoms with van der Waals surface area (Å²) in [5, 5.41) is 11.5. The highest BCUT2D eigenvalue weighted by Crippen LogP contribution is 2.27. The Balaban J connectivity index is 1.86.